The first-order chi connectivity index (χ1) is 10.1. The molecule has 0 radical (unpaired) electrons. The summed E-state index contributed by atoms with van der Waals surface area (Å²) in [6.07, 6.45) is 1.70. The van der Waals surface area contributed by atoms with Gasteiger partial charge in [-0.2, -0.15) is 0 Å². The maximum absolute atomic E-state index is 12.1. The van der Waals surface area contributed by atoms with Gasteiger partial charge in [0.05, 0.1) is 16.8 Å². The number of carboxylic acid groups (broad SMARTS) is 1. The molecule has 1 rings (SSSR count). The van der Waals surface area contributed by atoms with E-state index in [0.717, 1.165) is 5.01 Å². The van der Waals surface area contributed by atoms with Gasteiger partial charge in [0.2, 0.25) is 0 Å². The number of carbonyl (C=O) groups is 2. The average Bonchev–Trinajstić information content (AvgIpc) is 2.85. The summed E-state index contributed by atoms with van der Waals surface area (Å²) in [4.78, 5) is 28.0. The van der Waals surface area contributed by atoms with Crippen LogP contribution in [0.25, 0.3) is 0 Å². The number of aliphatic carboxylic acids is 1. The van der Waals surface area contributed by atoms with E-state index in [9.17, 15) is 14.7 Å². The number of nitrogens with zero attached hydrogens (tertiary/aromatic N) is 1. The second-order valence-corrected chi connectivity index (χ2v) is 7.39. The first-order valence-electron chi connectivity index (χ1n) is 7.23. The van der Waals surface area contributed by atoms with Gasteiger partial charge < -0.3 is 15.2 Å². The van der Waals surface area contributed by atoms with Gasteiger partial charge in [0.1, 0.15) is 10.9 Å². The molecule has 0 saturated heterocycles. The third kappa shape index (κ3) is 6.11. The highest BCUT2D eigenvalue weighted by Gasteiger charge is 2.23. The fourth-order valence-corrected chi connectivity index (χ4v) is 2.45. The summed E-state index contributed by atoms with van der Waals surface area (Å²) < 4.78 is 5.51. The molecule has 1 aromatic heterocycles. The standard InChI is InChI=1S/C15H24N2O4S/c1-9(2)13-16-8-11(22-13)12(18)17-10(14(19)20)6-7-21-15(3,4)5/h8-10H,6-7H2,1-5H3,(H,17,18)(H,19,20). The number of rotatable bonds is 7. The Morgan fingerprint density at radius 2 is 2.05 bits per heavy atom. The second-order valence-electron chi connectivity index (χ2n) is 6.33. The van der Waals surface area contributed by atoms with Gasteiger partial charge in [-0.15, -0.1) is 11.3 Å². The number of nitrogens with one attached hydrogen (secondary N) is 1. The second kappa shape index (κ2) is 7.69. The molecule has 0 spiro atoms. The molecular weight excluding hydrogens is 304 g/mol. The number of carboxylic acids is 1. The Labute approximate surface area is 134 Å². The van der Waals surface area contributed by atoms with Crippen molar-refractivity contribution in [3.05, 3.63) is 16.1 Å². The smallest absolute Gasteiger partial charge is 0.326 e. The SMILES string of the molecule is CC(C)c1ncc(C(=O)NC(CCOC(C)(C)C)C(=O)O)s1. The average molecular weight is 328 g/mol. The summed E-state index contributed by atoms with van der Waals surface area (Å²) in [6.45, 7) is 9.93. The van der Waals surface area contributed by atoms with Gasteiger partial charge in [-0.1, -0.05) is 13.8 Å². The van der Waals surface area contributed by atoms with E-state index in [1.165, 1.54) is 17.5 Å². The molecule has 0 aliphatic heterocycles. The first-order valence-corrected chi connectivity index (χ1v) is 8.05. The zero-order valence-corrected chi connectivity index (χ0v) is 14.5. The summed E-state index contributed by atoms with van der Waals surface area (Å²) in [6, 6.07) is -0.973. The van der Waals surface area contributed by atoms with Crippen LogP contribution in [0.4, 0.5) is 0 Å². The van der Waals surface area contributed by atoms with Crippen molar-refractivity contribution >= 4 is 23.2 Å². The van der Waals surface area contributed by atoms with Crippen molar-refractivity contribution < 1.29 is 19.4 Å². The van der Waals surface area contributed by atoms with Crippen LogP contribution in [0.1, 0.15) is 61.6 Å². The predicted octanol–water partition coefficient (Wildman–Crippen LogP) is 2.65. The highest BCUT2D eigenvalue weighted by atomic mass is 32.1. The van der Waals surface area contributed by atoms with Gasteiger partial charge in [0.25, 0.3) is 5.91 Å². The molecule has 1 amide bonds. The minimum atomic E-state index is -1.07. The van der Waals surface area contributed by atoms with Crippen LogP contribution in [0.2, 0.25) is 0 Å². The summed E-state index contributed by atoms with van der Waals surface area (Å²) in [5, 5.41) is 12.6. The molecule has 7 heteroatoms. The van der Waals surface area contributed by atoms with E-state index < -0.39 is 17.9 Å². The van der Waals surface area contributed by atoms with E-state index in [-0.39, 0.29) is 24.5 Å². The molecule has 0 aliphatic rings. The molecular formula is C15H24N2O4S. The topological polar surface area (TPSA) is 88.5 Å². The molecule has 1 atom stereocenters. The highest BCUT2D eigenvalue weighted by Crippen LogP contribution is 2.21. The maximum atomic E-state index is 12.1. The number of aromatic nitrogens is 1. The van der Waals surface area contributed by atoms with Crippen molar-refractivity contribution in [2.75, 3.05) is 6.61 Å². The van der Waals surface area contributed by atoms with Crippen LogP contribution in [-0.4, -0.2) is 40.2 Å². The van der Waals surface area contributed by atoms with E-state index in [1.54, 1.807) is 0 Å². The number of hydrogen-bond donors (Lipinski definition) is 2. The normalized spacial score (nSPS) is 13.2. The zero-order valence-electron chi connectivity index (χ0n) is 13.7. The number of carbonyl (C=O) groups excluding carboxylic acids is 1. The third-order valence-corrected chi connectivity index (χ3v) is 4.08. The highest BCUT2D eigenvalue weighted by molar-refractivity contribution is 7.13. The molecule has 6 nitrogen and oxygen atoms in total. The fourth-order valence-electron chi connectivity index (χ4n) is 1.63. The number of thiazole rings is 1. The van der Waals surface area contributed by atoms with Crippen LogP contribution >= 0.6 is 11.3 Å². The molecule has 1 unspecified atom stereocenters. The van der Waals surface area contributed by atoms with Crippen LogP contribution in [0.5, 0.6) is 0 Å². The predicted molar refractivity (Wildman–Crippen MR) is 85.4 cm³/mol. The van der Waals surface area contributed by atoms with Gasteiger partial charge in [-0.3, -0.25) is 4.79 Å². The first kappa shape index (κ1) is 18.6. The molecule has 124 valence electrons. The monoisotopic (exact) mass is 328 g/mol. The zero-order chi connectivity index (χ0) is 16.9. The lowest BCUT2D eigenvalue weighted by Crippen LogP contribution is -2.41. The lowest BCUT2D eigenvalue weighted by molar-refractivity contribution is -0.140. The van der Waals surface area contributed by atoms with E-state index in [4.69, 9.17) is 4.74 Å². The lowest BCUT2D eigenvalue weighted by atomic mass is 10.1. The van der Waals surface area contributed by atoms with Gasteiger partial charge in [0.15, 0.2) is 0 Å². The van der Waals surface area contributed by atoms with Crippen LogP contribution in [0.3, 0.4) is 0 Å². The van der Waals surface area contributed by atoms with Crippen molar-refractivity contribution in [3.63, 3.8) is 0 Å². The van der Waals surface area contributed by atoms with Crippen molar-refractivity contribution in [2.24, 2.45) is 0 Å². The fraction of sp³-hybridized carbons (Fsp3) is 0.667. The maximum Gasteiger partial charge on any atom is 0.326 e. The quantitative estimate of drug-likeness (QED) is 0.803. The molecule has 2 N–H and O–H groups in total. The minimum Gasteiger partial charge on any atom is -0.480 e. The van der Waals surface area contributed by atoms with Crippen LogP contribution < -0.4 is 5.32 Å². The largest absolute Gasteiger partial charge is 0.480 e. The van der Waals surface area contributed by atoms with E-state index in [1.807, 2.05) is 34.6 Å². The molecule has 1 aromatic rings. The van der Waals surface area contributed by atoms with Gasteiger partial charge in [0, 0.05) is 18.9 Å². The third-order valence-electron chi connectivity index (χ3n) is 2.79. The van der Waals surface area contributed by atoms with Crippen molar-refractivity contribution in [1.29, 1.82) is 0 Å². The van der Waals surface area contributed by atoms with Crippen molar-refractivity contribution in [2.45, 2.75) is 58.6 Å². The molecule has 0 saturated carbocycles. The minimum absolute atomic E-state index is 0.216. The van der Waals surface area contributed by atoms with E-state index in [0.29, 0.717) is 4.88 Å². The Bertz CT molecular complexity index is 520. The molecule has 1 heterocycles. The molecule has 0 bridgehead atoms. The summed E-state index contributed by atoms with van der Waals surface area (Å²) in [5.41, 5.74) is -0.336. The van der Waals surface area contributed by atoms with Crippen LogP contribution in [0.15, 0.2) is 6.20 Å². The Hall–Kier alpha value is -1.47. The Kier molecular flexibility index (Phi) is 6.49. The number of hydrogen-bond acceptors (Lipinski definition) is 5. The van der Waals surface area contributed by atoms with Gasteiger partial charge in [-0.25, -0.2) is 9.78 Å². The number of amides is 1. The Morgan fingerprint density at radius 3 is 2.50 bits per heavy atom. The molecule has 0 aromatic carbocycles. The van der Waals surface area contributed by atoms with E-state index >= 15 is 0 Å². The molecule has 0 fully saturated rings. The van der Waals surface area contributed by atoms with Crippen LogP contribution in [0, 0.1) is 0 Å². The summed E-state index contributed by atoms with van der Waals surface area (Å²) in [7, 11) is 0. The van der Waals surface area contributed by atoms with E-state index in [2.05, 4.69) is 10.3 Å². The van der Waals surface area contributed by atoms with Crippen molar-refractivity contribution in [1.82, 2.24) is 10.3 Å². The Morgan fingerprint density at radius 1 is 1.41 bits per heavy atom. The lowest BCUT2D eigenvalue weighted by Gasteiger charge is -2.21. The summed E-state index contributed by atoms with van der Waals surface area (Å²) in [5.74, 6) is -1.24. The summed E-state index contributed by atoms with van der Waals surface area (Å²) >= 11 is 1.28. The Balaban J connectivity index is 2.62. The van der Waals surface area contributed by atoms with Crippen molar-refractivity contribution in [3.8, 4) is 0 Å². The molecule has 22 heavy (non-hydrogen) atoms. The molecule has 0 aliphatic carbocycles. The van der Waals surface area contributed by atoms with Gasteiger partial charge >= 0.3 is 5.97 Å². The van der Waals surface area contributed by atoms with Crippen LogP contribution in [-0.2, 0) is 9.53 Å². The van der Waals surface area contributed by atoms with Gasteiger partial charge in [-0.05, 0) is 20.8 Å². The number of ether oxygens (including phenoxy) is 1.